The fraction of sp³-hybridized carbons (Fsp3) is 0. The van der Waals surface area contributed by atoms with Crippen LogP contribution in [-0.2, 0) is 0 Å². The van der Waals surface area contributed by atoms with Crippen molar-refractivity contribution in [2.75, 3.05) is 0 Å². The van der Waals surface area contributed by atoms with E-state index in [1.165, 1.54) is 17.7 Å². The molecule has 2 aromatic rings. The molecule has 0 radical (unpaired) electrons. The van der Waals surface area contributed by atoms with Crippen LogP contribution in [0.1, 0.15) is 0 Å². The average molecular weight is 197 g/mol. The van der Waals surface area contributed by atoms with E-state index >= 15 is 0 Å². The van der Waals surface area contributed by atoms with Crippen LogP contribution in [0.3, 0.4) is 0 Å². The van der Waals surface area contributed by atoms with Gasteiger partial charge in [0.05, 0.1) is 11.7 Å². The number of rotatable bonds is 0. The van der Waals surface area contributed by atoms with E-state index in [9.17, 15) is 0 Å². The number of aromatic nitrogens is 3. The maximum Gasteiger partial charge on any atom is 0.309 e. The summed E-state index contributed by atoms with van der Waals surface area (Å²) in [7, 11) is 0. The van der Waals surface area contributed by atoms with E-state index in [0.717, 1.165) is 10.3 Å². The molecule has 0 aliphatic carbocycles. The number of hydrogen-bond acceptors (Lipinski definition) is 5. The summed E-state index contributed by atoms with van der Waals surface area (Å²) >= 11 is 1.53. The molecule has 2 amide bonds. The van der Waals surface area contributed by atoms with Gasteiger partial charge in [0.2, 0.25) is 0 Å². The summed E-state index contributed by atoms with van der Waals surface area (Å²) in [6.07, 6.45) is 3.24. The van der Waals surface area contributed by atoms with Crippen LogP contribution >= 0.6 is 11.3 Å². The molecule has 2 aromatic heterocycles. The van der Waals surface area contributed by atoms with E-state index in [0.29, 0.717) is 0 Å². The SMILES string of the molecule is NC(N)=O.c1ncc2ncsc2n1. The Morgan fingerprint density at radius 2 is 2.08 bits per heavy atom. The zero-order valence-corrected chi connectivity index (χ0v) is 7.36. The molecular formula is C6H7N5OS. The van der Waals surface area contributed by atoms with Crippen LogP contribution in [0.5, 0.6) is 0 Å². The summed E-state index contributed by atoms with van der Waals surface area (Å²) in [5.74, 6) is 0. The van der Waals surface area contributed by atoms with Gasteiger partial charge in [0, 0.05) is 0 Å². The van der Waals surface area contributed by atoms with E-state index in [-0.39, 0.29) is 0 Å². The number of thiazole rings is 1. The van der Waals surface area contributed by atoms with Crippen molar-refractivity contribution in [3.8, 4) is 0 Å². The predicted octanol–water partition coefficient (Wildman–Crippen LogP) is 0.110. The Hall–Kier alpha value is -1.76. The molecule has 0 spiro atoms. The zero-order chi connectivity index (χ0) is 9.68. The Morgan fingerprint density at radius 3 is 2.69 bits per heavy atom. The molecule has 0 saturated heterocycles. The Kier molecular flexibility index (Phi) is 3.09. The molecule has 0 saturated carbocycles. The molecule has 6 nitrogen and oxygen atoms in total. The topological polar surface area (TPSA) is 108 Å². The quantitative estimate of drug-likeness (QED) is 0.624. The minimum absolute atomic E-state index is 0.833. The van der Waals surface area contributed by atoms with Gasteiger partial charge in [-0.2, -0.15) is 0 Å². The number of carbonyl (C=O) groups excluding carboxylic acids is 1. The molecule has 4 N–H and O–H groups in total. The highest BCUT2D eigenvalue weighted by Gasteiger charge is 1.92. The van der Waals surface area contributed by atoms with Crippen LogP contribution in [0.4, 0.5) is 4.79 Å². The normalized spacial score (nSPS) is 8.92. The molecule has 0 aromatic carbocycles. The zero-order valence-electron chi connectivity index (χ0n) is 6.54. The first-order valence-corrected chi connectivity index (χ1v) is 4.12. The van der Waals surface area contributed by atoms with Crippen molar-refractivity contribution in [2.24, 2.45) is 11.5 Å². The Balaban J connectivity index is 0.000000184. The van der Waals surface area contributed by atoms with E-state index in [4.69, 9.17) is 4.79 Å². The molecule has 0 fully saturated rings. The van der Waals surface area contributed by atoms with Crippen LogP contribution in [0.15, 0.2) is 18.0 Å². The highest BCUT2D eigenvalue weighted by molar-refractivity contribution is 7.16. The van der Waals surface area contributed by atoms with Crippen molar-refractivity contribution in [2.45, 2.75) is 0 Å². The van der Waals surface area contributed by atoms with E-state index < -0.39 is 6.03 Å². The second-order valence-electron chi connectivity index (χ2n) is 1.97. The van der Waals surface area contributed by atoms with Gasteiger partial charge < -0.3 is 11.5 Å². The molecule has 0 bridgehead atoms. The summed E-state index contributed by atoms with van der Waals surface area (Å²) in [5.41, 5.74) is 11.1. The first kappa shape index (κ1) is 9.33. The lowest BCUT2D eigenvalue weighted by Crippen LogP contribution is -2.18. The fourth-order valence-corrected chi connectivity index (χ4v) is 1.22. The van der Waals surface area contributed by atoms with Crippen LogP contribution in [0.2, 0.25) is 0 Å². The molecule has 13 heavy (non-hydrogen) atoms. The lowest BCUT2D eigenvalue weighted by Gasteiger charge is -1.79. The highest BCUT2D eigenvalue weighted by Crippen LogP contribution is 2.10. The van der Waals surface area contributed by atoms with E-state index in [1.54, 1.807) is 11.7 Å². The number of fused-ring (bicyclic) bond motifs is 1. The molecule has 2 heterocycles. The fourth-order valence-electron chi connectivity index (χ4n) is 0.623. The first-order valence-electron chi connectivity index (χ1n) is 3.24. The van der Waals surface area contributed by atoms with Crippen molar-refractivity contribution >= 4 is 27.7 Å². The van der Waals surface area contributed by atoms with Gasteiger partial charge in [0.25, 0.3) is 0 Å². The maximum atomic E-state index is 9.00. The van der Waals surface area contributed by atoms with E-state index in [1.807, 2.05) is 0 Å². The van der Waals surface area contributed by atoms with Crippen molar-refractivity contribution in [1.82, 2.24) is 15.0 Å². The van der Waals surface area contributed by atoms with Crippen LogP contribution in [0.25, 0.3) is 10.3 Å². The lowest BCUT2D eigenvalue weighted by molar-refractivity contribution is 0.256. The smallest absolute Gasteiger partial charge is 0.309 e. The summed E-state index contributed by atoms with van der Waals surface area (Å²) in [4.78, 5) is 21.8. The van der Waals surface area contributed by atoms with Crippen molar-refractivity contribution in [3.05, 3.63) is 18.0 Å². The second-order valence-corrected chi connectivity index (χ2v) is 2.80. The average Bonchev–Trinajstić information content (AvgIpc) is 2.49. The summed E-state index contributed by atoms with van der Waals surface area (Å²) in [6, 6.07) is -0.833. The first-order chi connectivity index (χ1) is 6.20. The van der Waals surface area contributed by atoms with Gasteiger partial charge in [-0.05, 0) is 0 Å². The minimum atomic E-state index is -0.833. The minimum Gasteiger partial charge on any atom is -0.352 e. The Bertz CT molecular complexity index is 366. The van der Waals surface area contributed by atoms with Crippen LogP contribution in [-0.4, -0.2) is 21.0 Å². The lowest BCUT2D eigenvalue weighted by atomic mass is 10.6. The van der Waals surface area contributed by atoms with E-state index in [2.05, 4.69) is 26.4 Å². The highest BCUT2D eigenvalue weighted by atomic mass is 32.1. The van der Waals surface area contributed by atoms with Gasteiger partial charge in [0.1, 0.15) is 16.7 Å². The Morgan fingerprint density at radius 1 is 1.38 bits per heavy atom. The molecule has 0 unspecified atom stereocenters. The number of amides is 2. The molecule has 0 aliphatic rings. The van der Waals surface area contributed by atoms with Gasteiger partial charge in [-0.3, -0.25) is 0 Å². The summed E-state index contributed by atoms with van der Waals surface area (Å²) in [6.45, 7) is 0. The maximum absolute atomic E-state index is 9.00. The molecule has 2 rings (SSSR count). The van der Waals surface area contributed by atoms with Gasteiger partial charge in [-0.1, -0.05) is 0 Å². The molecule has 0 aliphatic heterocycles. The largest absolute Gasteiger partial charge is 0.352 e. The molecule has 7 heteroatoms. The van der Waals surface area contributed by atoms with Crippen molar-refractivity contribution in [1.29, 1.82) is 0 Å². The number of hydrogen-bond donors (Lipinski definition) is 2. The Labute approximate surface area is 77.6 Å². The van der Waals surface area contributed by atoms with Crippen molar-refractivity contribution in [3.63, 3.8) is 0 Å². The molecule has 0 atom stereocenters. The summed E-state index contributed by atoms with van der Waals surface area (Å²) < 4.78 is 0. The van der Waals surface area contributed by atoms with Crippen LogP contribution < -0.4 is 11.5 Å². The number of urea groups is 1. The number of nitrogens with zero attached hydrogens (tertiary/aromatic N) is 3. The predicted molar refractivity (Wildman–Crippen MR) is 49.0 cm³/mol. The second kappa shape index (κ2) is 4.31. The van der Waals surface area contributed by atoms with Crippen molar-refractivity contribution < 1.29 is 4.79 Å². The third kappa shape index (κ3) is 2.99. The van der Waals surface area contributed by atoms with Gasteiger partial charge in [0.15, 0.2) is 0 Å². The number of primary amides is 2. The number of nitrogens with two attached hydrogens (primary N) is 2. The van der Waals surface area contributed by atoms with Crippen LogP contribution in [0, 0.1) is 0 Å². The third-order valence-electron chi connectivity index (χ3n) is 1.01. The summed E-state index contributed by atoms with van der Waals surface area (Å²) in [5, 5.41) is 0. The number of carbonyl (C=O) groups is 1. The van der Waals surface area contributed by atoms with Gasteiger partial charge in [-0.25, -0.2) is 19.7 Å². The van der Waals surface area contributed by atoms with Gasteiger partial charge in [-0.15, -0.1) is 11.3 Å². The van der Waals surface area contributed by atoms with Gasteiger partial charge >= 0.3 is 6.03 Å². The third-order valence-corrected chi connectivity index (χ3v) is 1.76. The monoisotopic (exact) mass is 197 g/mol. The molecular weight excluding hydrogens is 190 g/mol. The molecule has 68 valence electrons. The standard InChI is InChI=1S/C5H3N3S.CH4N2O/c1-4-5(7-2-6-1)9-3-8-4;2-1(3)4/h1-3H;(H4,2,3,4).